The van der Waals surface area contributed by atoms with Crippen LogP contribution in [-0.2, 0) is 0 Å². The van der Waals surface area contributed by atoms with Gasteiger partial charge in [0.15, 0.2) is 5.69 Å². The Morgan fingerprint density at radius 3 is 2.43 bits per heavy atom. The molecular weight excluding hydrogens is 290 g/mol. The predicted molar refractivity (Wildman–Crippen MR) is 89.9 cm³/mol. The molecule has 0 aliphatic rings. The summed E-state index contributed by atoms with van der Waals surface area (Å²) in [6.45, 7) is 3.94. The van der Waals surface area contributed by atoms with Gasteiger partial charge in [0.1, 0.15) is 5.75 Å². The average molecular weight is 307 g/mol. The summed E-state index contributed by atoms with van der Waals surface area (Å²) in [6, 6.07) is 16.8. The molecule has 0 saturated heterocycles. The van der Waals surface area contributed by atoms with Gasteiger partial charge in [-0.1, -0.05) is 24.3 Å². The number of fused-ring (bicyclic) bond motifs is 1. The van der Waals surface area contributed by atoms with Gasteiger partial charge in [0, 0.05) is 10.9 Å². The zero-order valence-corrected chi connectivity index (χ0v) is 13.0. The van der Waals surface area contributed by atoms with Crippen LogP contribution < -0.4 is 4.74 Å². The minimum Gasteiger partial charge on any atom is -0.491 e. The summed E-state index contributed by atoms with van der Waals surface area (Å²) in [5, 5.41) is 10.9. The highest BCUT2D eigenvalue weighted by atomic mass is 16.5. The van der Waals surface area contributed by atoms with Crippen molar-refractivity contribution in [1.29, 1.82) is 0 Å². The second kappa shape index (κ2) is 6.08. The summed E-state index contributed by atoms with van der Waals surface area (Å²) in [6.07, 6.45) is 0.109. The second-order valence-corrected chi connectivity index (χ2v) is 5.57. The Balaban J connectivity index is 2.07. The largest absolute Gasteiger partial charge is 0.491 e. The maximum Gasteiger partial charge on any atom is 0.355 e. The van der Waals surface area contributed by atoms with Crippen LogP contribution in [0.1, 0.15) is 24.3 Å². The number of pyridine rings is 1. The third kappa shape index (κ3) is 3.16. The van der Waals surface area contributed by atoms with Crippen molar-refractivity contribution < 1.29 is 14.6 Å². The van der Waals surface area contributed by atoms with Gasteiger partial charge in [-0.3, -0.25) is 0 Å². The van der Waals surface area contributed by atoms with Gasteiger partial charge < -0.3 is 9.84 Å². The van der Waals surface area contributed by atoms with Crippen molar-refractivity contribution in [3.05, 3.63) is 60.3 Å². The van der Waals surface area contributed by atoms with Crippen molar-refractivity contribution in [3.63, 3.8) is 0 Å². The molecule has 0 fully saturated rings. The van der Waals surface area contributed by atoms with Gasteiger partial charge in [-0.05, 0) is 49.6 Å². The Bertz CT molecular complexity index is 854. The molecule has 1 heterocycles. The van der Waals surface area contributed by atoms with Gasteiger partial charge in [-0.15, -0.1) is 0 Å². The molecule has 0 radical (unpaired) electrons. The molecule has 4 nitrogen and oxygen atoms in total. The van der Waals surface area contributed by atoms with Crippen molar-refractivity contribution in [2.24, 2.45) is 0 Å². The Morgan fingerprint density at radius 2 is 1.78 bits per heavy atom. The zero-order valence-electron chi connectivity index (χ0n) is 13.0. The molecule has 2 aromatic carbocycles. The minimum absolute atomic E-state index is 0.0700. The maximum atomic E-state index is 11.5. The van der Waals surface area contributed by atoms with E-state index in [2.05, 4.69) is 4.98 Å². The molecule has 23 heavy (non-hydrogen) atoms. The third-order valence-corrected chi connectivity index (χ3v) is 3.46. The number of carboxylic acid groups (broad SMARTS) is 1. The van der Waals surface area contributed by atoms with E-state index in [1.54, 1.807) is 6.07 Å². The molecule has 0 atom stereocenters. The molecule has 0 saturated carbocycles. The highest BCUT2D eigenvalue weighted by Gasteiger charge is 2.13. The third-order valence-electron chi connectivity index (χ3n) is 3.46. The molecule has 3 aromatic rings. The topological polar surface area (TPSA) is 59.4 Å². The van der Waals surface area contributed by atoms with Crippen LogP contribution in [0.2, 0.25) is 0 Å². The first-order chi connectivity index (χ1) is 11.0. The number of hydrogen-bond donors (Lipinski definition) is 1. The maximum absolute atomic E-state index is 11.5. The zero-order chi connectivity index (χ0) is 16.4. The second-order valence-electron chi connectivity index (χ2n) is 5.57. The van der Waals surface area contributed by atoms with Crippen LogP contribution in [-0.4, -0.2) is 22.2 Å². The van der Waals surface area contributed by atoms with Crippen LogP contribution in [0.4, 0.5) is 0 Å². The highest BCUT2D eigenvalue weighted by molar-refractivity contribution is 6.03. The molecule has 1 N–H and O–H groups in total. The van der Waals surface area contributed by atoms with E-state index in [4.69, 9.17) is 4.74 Å². The summed E-state index contributed by atoms with van der Waals surface area (Å²) < 4.78 is 5.62. The summed E-state index contributed by atoms with van der Waals surface area (Å²) in [4.78, 5) is 15.8. The molecular formula is C19H17NO3. The van der Waals surface area contributed by atoms with E-state index in [-0.39, 0.29) is 11.8 Å². The van der Waals surface area contributed by atoms with Crippen molar-refractivity contribution in [2.75, 3.05) is 0 Å². The van der Waals surface area contributed by atoms with Crippen LogP contribution in [0, 0.1) is 0 Å². The average Bonchev–Trinajstić information content (AvgIpc) is 2.54. The molecule has 1 aromatic heterocycles. The van der Waals surface area contributed by atoms with Crippen molar-refractivity contribution in [1.82, 2.24) is 4.98 Å². The van der Waals surface area contributed by atoms with Crippen LogP contribution >= 0.6 is 0 Å². The molecule has 0 aliphatic carbocycles. The van der Waals surface area contributed by atoms with E-state index < -0.39 is 5.97 Å². The fourth-order valence-corrected chi connectivity index (χ4v) is 2.49. The molecule has 4 heteroatoms. The van der Waals surface area contributed by atoms with Crippen molar-refractivity contribution in [3.8, 4) is 17.0 Å². The summed E-state index contributed by atoms with van der Waals surface area (Å²) in [7, 11) is 0. The highest BCUT2D eigenvalue weighted by Crippen LogP contribution is 2.26. The number of aromatic nitrogens is 1. The Kier molecular flexibility index (Phi) is 3.98. The molecule has 0 aliphatic heterocycles. The first-order valence-electron chi connectivity index (χ1n) is 7.45. The first kappa shape index (κ1) is 15.0. The van der Waals surface area contributed by atoms with Gasteiger partial charge in [-0.2, -0.15) is 0 Å². The number of ether oxygens (including phenoxy) is 1. The number of carboxylic acids is 1. The monoisotopic (exact) mass is 307 g/mol. The first-order valence-corrected chi connectivity index (χ1v) is 7.45. The van der Waals surface area contributed by atoms with E-state index in [1.165, 1.54) is 0 Å². The number of nitrogens with zero attached hydrogens (tertiary/aromatic N) is 1. The number of rotatable bonds is 4. The summed E-state index contributed by atoms with van der Waals surface area (Å²) in [5.74, 6) is -0.245. The Hall–Kier alpha value is -2.88. The molecule has 0 unspecified atom stereocenters. The molecule has 0 bridgehead atoms. The predicted octanol–water partition coefficient (Wildman–Crippen LogP) is 4.39. The number of hydrogen-bond acceptors (Lipinski definition) is 3. The van der Waals surface area contributed by atoms with Gasteiger partial charge >= 0.3 is 5.97 Å². The van der Waals surface area contributed by atoms with Crippen LogP contribution in [0.5, 0.6) is 5.75 Å². The lowest BCUT2D eigenvalue weighted by atomic mass is 10.0. The SMILES string of the molecule is CC(C)Oc1ccc(-c2cc3ccccc3c(C(=O)O)n2)cc1. The van der Waals surface area contributed by atoms with Gasteiger partial charge in [-0.25, -0.2) is 9.78 Å². The lowest BCUT2D eigenvalue weighted by Gasteiger charge is -2.11. The normalized spacial score (nSPS) is 10.9. The molecule has 116 valence electrons. The molecule has 0 amide bonds. The molecule has 3 rings (SSSR count). The minimum atomic E-state index is -1.03. The Morgan fingerprint density at radius 1 is 1.09 bits per heavy atom. The van der Waals surface area contributed by atoms with Gasteiger partial charge in [0.05, 0.1) is 11.8 Å². The summed E-state index contributed by atoms with van der Waals surface area (Å²) >= 11 is 0. The number of aromatic carboxylic acids is 1. The lowest BCUT2D eigenvalue weighted by Crippen LogP contribution is -2.05. The number of benzene rings is 2. The summed E-state index contributed by atoms with van der Waals surface area (Å²) in [5.41, 5.74) is 1.56. The van der Waals surface area contributed by atoms with Crippen LogP contribution in [0.15, 0.2) is 54.6 Å². The quantitative estimate of drug-likeness (QED) is 0.776. The van der Waals surface area contributed by atoms with Crippen molar-refractivity contribution in [2.45, 2.75) is 20.0 Å². The standard InChI is InChI=1S/C19H17NO3/c1-12(2)23-15-9-7-13(8-10-15)17-11-14-5-3-4-6-16(14)18(20-17)19(21)22/h3-12H,1-2H3,(H,21,22). The smallest absolute Gasteiger partial charge is 0.355 e. The van der Waals surface area contributed by atoms with E-state index >= 15 is 0 Å². The van der Waals surface area contributed by atoms with Gasteiger partial charge in [0.25, 0.3) is 0 Å². The van der Waals surface area contributed by atoms with Crippen molar-refractivity contribution >= 4 is 16.7 Å². The fourth-order valence-electron chi connectivity index (χ4n) is 2.49. The van der Waals surface area contributed by atoms with Gasteiger partial charge in [0.2, 0.25) is 0 Å². The van der Waals surface area contributed by atoms with E-state index in [1.807, 2.05) is 62.4 Å². The van der Waals surface area contributed by atoms with E-state index in [0.717, 1.165) is 16.7 Å². The van der Waals surface area contributed by atoms with Crippen LogP contribution in [0.3, 0.4) is 0 Å². The molecule has 0 spiro atoms. The van der Waals surface area contributed by atoms with E-state index in [0.29, 0.717) is 11.1 Å². The Labute approximate surface area is 134 Å². The van der Waals surface area contributed by atoms with E-state index in [9.17, 15) is 9.90 Å². The van der Waals surface area contributed by atoms with Crippen LogP contribution in [0.25, 0.3) is 22.0 Å². The lowest BCUT2D eigenvalue weighted by molar-refractivity contribution is 0.0693. The number of carbonyl (C=O) groups is 1. The fraction of sp³-hybridized carbons (Fsp3) is 0.158.